The Bertz CT molecular complexity index is 1170. The van der Waals surface area contributed by atoms with Crippen LogP contribution in [0.4, 0.5) is 0 Å². The summed E-state index contributed by atoms with van der Waals surface area (Å²) >= 11 is 3.30. The largest absolute Gasteiger partial charge is 0.465 e. The first-order valence-electron chi connectivity index (χ1n) is 8.93. The van der Waals surface area contributed by atoms with Crippen LogP contribution in [0.5, 0.6) is 0 Å². The summed E-state index contributed by atoms with van der Waals surface area (Å²) in [5.74, 6) is -1.05. The lowest BCUT2D eigenvalue weighted by molar-refractivity contribution is -0.139. The van der Waals surface area contributed by atoms with E-state index in [0.29, 0.717) is 11.6 Å². The van der Waals surface area contributed by atoms with E-state index >= 15 is 0 Å². The van der Waals surface area contributed by atoms with Gasteiger partial charge in [-0.25, -0.2) is 8.42 Å². The Morgan fingerprint density at radius 2 is 1.89 bits per heavy atom. The number of sulfone groups is 1. The molecule has 1 fully saturated rings. The molecule has 1 aliphatic carbocycles. The third-order valence-electron chi connectivity index (χ3n) is 4.68. The number of hydrogen-bond acceptors (Lipinski definition) is 6. The maximum atomic E-state index is 12.8. The van der Waals surface area contributed by atoms with E-state index in [9.17, 15) is 13.2 Å². The third-order valence-corrected chi connectivity index (χ3v) is 6.63. The van der Waals surface area contributed by atoms with Gasteiger partial charge in [0.1, 0.15) is 0 Å². The Balaban J connectivity index is 1.87. The average Bonchev–Trinajstić information content (AvgIpc) is 3.42. The smallest absolute Gasteiger partial charge is 0.321 e. The molecule has 0 atom stereocenters. The van der Waals surface area contributed by atoms with Gasteiger partial charge in [0.2, 0.25) is 14.6 Å². The molecule has 0 N–H and O–H groups in total. The number of aromatic nitrogens is 3. The summed E-state index contributed by atoms with van der Waals surface area (Å²) in [5, 5.41) is 9.40. The molecule has 0 saturated heterocycles. The van der Waals surface area contributed by atoms with Crippen LogP contribution in [0, 0.1) is 0 Å². The van der Waals surface area contributed by atoms with Crippen molar-refractivity contribution >= 4 is 42.5 Å². The highest BCUT2D eigenvalue weighted by Gasteiger charge is 2.30. The fraction of sp³-hybridized carbons (Fsp3) is 0.316. The van der Waals surface area contributed by atoms with Crippen LogP contribution in [-0.2, 0) is 19.4 Å². The van der Waals surface area contributed by atoms with E-state index in [-0.39, 0.29) is 16.5 Å². The number of benzene rings is 2. The van der Waals surface area contributed by atoms with Crippen LogP contribution in [0.15, 0.2) is 46.3 Å². The molecule has 0 radical (unpaired) electrons. The second kappa shape index (κ2) is 7.29. The van der Waals surface area contributed by atoms with Gasteiger partial charge in [-0.05, 0) is 58.6 Å². The molecule has 0 unspecified atom stereocenters. The minimum absolute atomic E-state index is 0.109. The summed E-state index contributed by atoms with van der Waals surface area (Å²) in [4.78, 5) is 11.8. The number of fused-ring (bicyclic) bond motifs is 1. The topological polar surface area (TPSA) is 91.2 Å². The summed E-state index contributed by atoms with van der Waals surface area (Å²) in [6.07, 6.45) is 2.33. The number of esters is 1. The average molecular weight is 464 g/mol. The van der Waals surface area contributed by atoms with Gasteiger partial charge in [-0.1, -0.05) is 30.3 Å². The van der Waals surface area contributed by atoms with E-state index in [1.54, 1.807) is 6.92 Å². The number of rotatable bonds is 6. The summed E-state index contributed by atoms with van der Waals surface area (Å²) < 4.78 is 32.1. The quantitative estimate of drug-likeness (QED) is 0.520. The highest BCUT2D eigenvalue weighted by molar-refractivity contribution is 9.10. The number of nitrogens with zero attached hydrogens (tertiary/aromatic N) is 3. The van der Waals surface area contributed by atoms with Crippen LogP contribution < -0.4 is 0 Å². The Morgan fingerprint density at radius 1 is 1.18 bits per heavy atom. The molecular formula is C19H18BrN3O4S. The molecule has 0 spiro atoms. The van der Waals surface area contributed by atoms with Gasteiger partial charge in [-0.15, -0.1) is 10.2 Å². The van der Waals surface area contributed by atoms with Crippen molar-refractivity contribution in [3.05, 3.63) is 46.7 Å². The van der Waals surface area contributed by atoms with Gasteiger partial charge in [-0.3, -0.25) is 9.36 Å². The SMILES string of the molecule is CCOC(=O)CS(=O)(=O)c1nnc(Br)n1-c1ccc(C2CC2)c2ccccc12. The highest BCUT2D eigenvalue weighted by Crippen LogP contribution is 2.44. The molecule has 1 aromatic heterocycles. The van der Waals surface area contributed by atoms with Gasteiger partial charge in [0.05, 0.1) is 12.3 Å². The van der Waals surface area contributed by atoms with Gasteiger partial charge in [0.25, 0.3) is 5.16 Å². The van der Waals surface area contributed by atoms with Crippen LogP contribution in [0.3, 0.4) is 0 Å². The van der Waals surface area contributed by atoms with E-state index in [1.165, 1.54) is 23.0 Å². The first-order chi connectivity index (χ1) is 13.4. The van der Waals surface area contributed by atoms with Crippen molar-refractivity contribution in [3.8, 4) is 5.69 Å². The fourth-order valence-corrected chi connectivity index (χ4v) is 5.04. The molecule has 28 heavy (non-hydrogen) atoms. The second-order valence-electron chi connectivity index (χ2n) is 6.64. The van der Waals surface area contributed by atoms with Gasteiger partial charge >= 0.3 is 5.97 Å². The van der Waals surface area contributed by atoms with E-state index in [0.717, 1.165) is 10.8 Å². The molecule has 1 aliphatic rings. The Morgan fingerprint density at radius 3 is 2.57 bits per heavy atom. The molecule has 1 heterocycles. The van der Waals surface area contributed by atoms with Crippen molar-refractivity contribution in [1.29, 1.82) is 0 Å². The van der Waals surface area contributed by atoms with E-state index < -0.39 is 21.6 Å². The summed E-state index contributed by atoms with van der Waals surface area (Å²) in [6.45, 7) is 1.73. The Hall–Kier alpha value is -2.26. The number of halogens is 1. The zero-order chi connectivity index (χ0) is 19.9. The first-order valence-corrected chi connectivity index (χ1v) is 11.4. The minimum atomic E-state index is -4.04. The number of hydrogen-bond donors (Lipinski definition) is 0. The molecule has 0 aliphatic heterocycles. The molecule has 7 nitrogen and oxygen atoms in total. The molecule has 2 aromatic carbocycles. The van der Waals surface area contributed by atoms with Crippen molar-refractivity contribution in [1.82, 2.24) is 14.8 Å². The minimum Gasteiger partial charge on any atom is -0.465 e. The molecule has 1 saturated carbocycles. The monoisotopic (exact) mass is 463 g/mol. The molecule has 9 heteroatoms. The van der Waals surface area contributed by atoms with Crippen LogP contribution in [0.25, 0.3) is 16.5 Å². The first kappa shape index (κ1) is 19.1. The normalized spacial score (nSPS) is 14.4. The summed E-state index contributed by atoms with van der Waals surface area (Å²) in [7, 11) is -4.04. The molecule has 0 amide bonds. The maximum Gasteiger partial charge on any atom is 0.321 e. The zero-order valence-corrected chi connectivity index (χ0v) is 17.5. The highest BCUT2D eigenvalue weighted by atomic mass is 79.9. The van der Waals surface area contributed by atoms with Gasteiger partial charge < -0.3 is 4.74 Å². The van der Waals surface area contributed by atoms with Crippen molar-refractivity contribution in [3.63, 3.8) is 0 Å². The van der Waals surface area contributed by atoms with Gasteiger partial charge in [-0.2, -0.15) is 0 Å². The predicted octanol–water partition coefficient (Wildman–Crippen LogP) is 3.40. The van der Waals surface area contributed by atoms with Crippen molar-refractivity contribution in [2.45, 2.75) is 30.8 Å². The summed E-state index contributed by atoms with van der Waals surface area (Å²) in [5.41, 5.74) is 1.90. The lowest BCUT2D eigenvalue weighted by atomic mass is 9.99. The predicted molar refractivity (Wildman–Crippen MR) is 107 cm³/mol. The molecule has 0 bridgehead atoms. The number of carbonyl (C=O) groups is 1. The molecule has 146 valence electrons. The van der Waals surface area contributed by atoms with Crippen molar-refractivity contribution in [2.75, 3.05) is 12.4 Å². The lowest BCUT2D eigenvalue weighted by Gasteiger charge is -2.14. The Labute approximate surface area is 170 Å². The van der Waals surface area contributed by atoms with Crippen LogP contribution in [0.1, 0.15) is 31.2 Å². The number of carbonyl (C=O) groups excluding carboxylic acids is 1. The van der Waals surface area contributed by atoms with Crippen molar-refractivity contribution in [2.24, 2.45) is 0 Å². The second-order valence-corrected chi connectivity index (χ2v) is 9.24. The molecule has 3 aromatic rings. The van der Waals surface area contributed by atoms with Gasteiger partial charge in [0, 0.05) is 5.39 Å². The van der Waals surface area contributed by atoms with E-state index in [1.807, 2.05) is 36.4 Å². The maximum absolute atomic E-state index is 12.8. The van der Waals surface area contributed by atoms with E-state index in [2.05, 4.69) is 26.1 Å². The van der Waals surface area contributed by atoms with E-state index in [4.69, 9.17) is 4.74 Å². The van der Waals surface area contributed by atoms with Crippen LogP contribution in [0.2, 0.25) is 0 Å². The summed E-state index contributed by atoms with van der Waals surface area (Å²) in [6, 6.07) is 11.8. The molecule has 4 rings (SSSR count). The van der Waals surface area contributed by atoms with Crippen LogP contribution in [-0.4, -0.2) is 41.5 Å². The third kappa shape index (κ3) is 3.44. The standard InChI is InChI=1S/C19H18BrN3O4S/c1-2-27-17(24)11-28(25,26)19-22-21-18(20)23(19)16-10-9-13(12-7-8-12)14-5-3-4-6-15(14)16/h3-6,9-10,12H,2,7-8,11H2,1H3. The van der Waals surface area contributed by atoms with Crippen molar-refractivity contribution < 1.29 is 17.9 Å². The Kier molecular flexibility index (Phi) is 4.96. The molecular weight excluding hydrogens is 446 g/mol. The lowest BCUT2D eigenvalue weighted by Crippen LogP contribution is -2.21. The fourth-order valence-electron chi connectivity index (χ4n) is 3.33. The van der Waals surface area contributed by atoms with Gasteiger partial charge in [0.15, 0.2) is 5.75 Å². The zero-order valence-electron chi connectivity index (χ0n) is 15.1. The van der Waals surface area contributed by atoms with Crippen LogP contribution >= 0.6 is 15.9 Å². The number of ether oxygens (including phenoxy) is 1.